The molecule has 1 amide bonds. The maximum atomic E-state index is 12.3. The first-order valence-corrected chi connectivity index (χ1v) is 8.24. The third kappa shape index (κ3) is 4.67. The van der Waals surface area contributed by atoms with Crippen molar-refractivity contribution in [1.82, 2.24) is 4.98 Å². The molecule has 1 heterocycles. The summed E-state index contributed by atoms with van der Waals surface area (Å²) >= 11 is 0. The normalized spacial score (nSPS) is 10.3. The van der Waals surface area contributed by atoms with Crippen LogP contribution in [0.4, 0.5) is 11.4 Å². The molecule has 3 aromatic rings. The maximum Gasteiger partial charge on any atom is 0.274 e. The molecular formula is C21H21N3O. The lowest BCUT2D eigenvalue weighted by Gasteiger charge is -2.08. The van der Waals surface area contributed by atoms with Gasteiger partial charge in [-0.2, -0.15) is 0 Å². The highest BCUT2D eigenvalue weighted by atomic mass is 16.1. The van der Waals surface area contributed by atoms with E-state index >= 15 is 0 Å². The minimum Gasteiger partial charge on any atom is -0.380 e. The molecule has 0 aliphatic rings. The number of hydrogen-bond donors (Lipinski definition) is 2. The number of anilines is 2. The van der Waals surface area contributed by atoms with Crippen molar-refractivity contribution in [3.63, 3.8) is 0 Å². The van der Waals surface area contributed by atoms with Crippen LogP contribution in [0.1, 0.15) is 27.2 Å². The molecule has 0 radical (unpaired) electrons. The number of aryl methyl sites for hydroxylation is 2. The van der Waals surface area contributed by atoms with Gasteiger partial charge in [-0.15, -0.1) is 0 Å². The summed E-state index contributed by atoms with van der Waals surface area (Å²) in [5, 5.41) is 6.18. The molecule has 25 heavy (non-hydrogen) atoms. The number of rotatable bonds is 5. The number of pyridine rings is 1. The predicted octanol–water partition coefficient (Wildman–Crippen LogP) is 4.56. The first-order chi connectivity index (χ1) is 12.1. The van der Waals surface area contributed by atoms with Crippen LogP contribution in [0.15, 0.2) is 66.9 Å². The Kier molecular flexibility index (Phi) is 5.09. The number of hydrogen-bond acceptors (Lipinski definition) is 3. The monoisotopic (exact) mass is 331 g/mol. The summed E-state index contributed by atoms with van der Waals surface area (Å²) in [4.78, 5) is 16.5. The number of amides is 1. The number of carbonyl (C=O) groups excluding carboxylic acids is 1. The Hall–Kier alpha value is -3.14. The Morgan fingerprint density at radius 1 is 0.920 bits per heavy atom. The van der Waals surface area contributed by atoms with Gasteiger partial charge in [0.05, 0.1) is 11.9 Å². The van der Waals surface area contributed by atoms with Gasteiger partial charge in [0, 0.05) is 12.2 Å². The van der Waals surface area contributed by atoms with Crippen LogP contribution in [-0.4, -0.2) is 10.9 Å². The molecule has 1 aromatic heterocycles. The van der Waals surface area contributed by atoms with Gasteiger partial charge >= 0.3 is 0 Å². The molecule has 0 unspecified atom stereocenters. The highest BCUT2D eigenvalue weighted by Crippen LogP contribution is 2.13. The van der Waals surface area contributed by atoms with Crippen molar-refractivity contribution in [2.24, 2.45) is 0 Å². The lowest BCUT2D eigenvalue weighted by Crippen LogP contribution is -2.13. The molecule has 0 spiro atoms. The minimum atomic E-state index is -0.212. The summed E-state index contributed by atoms with van der Waals surface area (Å²) in [6.07, 6.45) is 1.68. The molecular weight excluding hydrogens is 310 g/mol. The zero-order valence-electron chi connectivity index (χ0n) is 14.4. The number of carbonyl (C=O) groups is 1. The van der Waals surface area contributed by atoms with Crippen LogP contribution in [0.5, 0.6) is 0 Å². The summed E-state index contributed by atoms with van der Waals surface area (Å²) < 4.78 is 0. The van der Waals surface area contributed by atoms with E-state index in [0.717, 1.165) is 23.5 Å². The van der Waals surface area contributed by atoms with Gasteiger partial charge < -0.3 is 10.6 Å². The van der Waals surface area contributed by atoms with Crippen LogP contribution in [0, 0.1) is 13.8 Å². The summed E-state index contributed by atoms with van der Waals surface area (Å²) in [6, 6.07) is 19.6. The van der Waals surface area contributed by atoms with Gasteiger partial charge in [0.1, 0.15) is 5.69 Å². The molecule has 0 fully saturated rings. The molecule has 4 heteroatoms. The van der Waals surface area contributed by atoms with Crippen LogP contribution < -0.4 is 10.6 Å². The van der Waals surface area contributed by atoms with E-state index in [1.165, 1.54) is 11.1 Å². The second-order valence-electron chi connectivity index (χ2n) is 6.10. The smallest absolute Gasteiger partial charge is 0.274 e. The fourth-order valence-electron chi connectivity index (χ4n) is 2.58. The number of nitrogens with one attached hydrogen (secondary N) is 2. The third-order valence-electron chi connectivity index (χ3n) is 3.85. The van der Waals surface area contributed by atoms with Gasteiger partial charge in [-0.25, -0.2) is 4.98 Å². The van der Waals surface area contributed by atoms with Crippen molar-refractivity contribution in [2.75, 3.05) is 10.6 Å². The van der Waals surface area contributed by atoms with Gasteiger partial charge in [0.2, 0.25) is 0 Å². The highest BCUT2D eigenvalue weighted by Gasteiger charge is 2.07. The van der Waals surface area contributed by atoms with Crippen LogP contribution in [0.2, 0.25) is 0 Å². The molecule has 0 saturated heterocycles. The molecule has 0 atom stereocenters. The Morgan fingerprint density at radius 2 is 1.68 bits per heavy atom. The van der Waals surface area contributed by atoms with Crippen molar-refractivity contribution < 1.29 is 4.79 Å². The van der Waals surface area contributed by atoms with Crippen LogP contribution >= 0.6 is 0 Å². The topological polar surface area (TPSA) is 54.0 Å². The average molecular weight is 331 g/mol. The van der Waals surface area contributed by atoms with E-state index in [1.807, 2.05) is 43.3 Å². The zero-order valence-corrected chi connectivity index (χ0v) is 14.4. The van der Waals surface area contributed by atoms with Crippen LogP contribution in [0.25, 0.3) is 0 Å². The quantitative estimate of drug-likeness (QED) is 0.720. The summed E-state index contributed by atoms with van der Waals surface area (Å²) in [5.41, 5.74) is 5.59. The SMILES string of the molecule is Cc1cccc(CNc2ccc(C(=O)Nc3cccc(C)c3)nc2)c1. The fourth-order valence-corrected chi connectivity index (χ4v) is 2.58. The van der Waals surface area contributed by atoms with E-state index in [2.05, 4.69) is 40.7 Å². The van der Waals surface area contributed by atoms with E-state index in [9.17, 15) is 4.79 Å². The van der Waals surface area contributed by atoms with E-state index < -0.39 is 0 Å². The Balaban J connectivity index is 1.60. The lowest BCUT2D eigenvalue weighted by atomic mass is 10.1. The van der Waals surface area contributed by atoms with Gasteiger partial charge in [0.25, 0.3) is 5.91 Å². The second kappa shape index (κ2) is 7.62. The number of nitrogens with zero attached hydrogens (tertiary/aromatic N) is 1. The molecule has 4 nitrogen and oxygen atoms in total. The predicted molar refractivity (Wildman–Crippen MR) is 102 cm³/mol. The van der Waals surface area contributed by atoms with Crippen molar-refractivity contribution in [3.05, 3.63) is 89.2 Å². The van der Waals surface area contributed by atoms with E-state index in [4.69, 9.17) is 0 Å². The molecule has 0 aliphatic heterocycles. The van der Waals surface area contributed by atoms with Crippen molar-refractivity contribution in [2.45, 2.75) is 20.4 Å². The third-order valence-corrected chi connectivity index (χ3v) is 3.85. The Bertz CT molecular complexity index is 872. The first kappa shape index (κ1) is 16.7. The standard InChI is InChI=1S/C21H21N3O/c1-15-5-3-7-17(11-15)13-22-19-9-10-20(23-14-19)21(25)24-18-8-4-6-16(2)12-18/h3-12,14,22H,13H2,1-2H3,(H,24,25). The second-order valence-corrected chi connectivity index (χ2v) is 6.10. The van der Waals surface area contributed by atoms with Crippen LogP contribution in [0.3, 0.4) is 0 Å². The molecule has 2 aromatic carbocycles. The van der Waals surface area contributed by atoms with Crippen molar-refractivity contribution in [3.8, 4) is 0 Å². The molecule has 3 rings (SSSR count). The highest BCUT2D eigenvalue weighted by molar-refractivity contribution is 6.02. The largest absolute Gasteiger partial charge is 0.380 e. The first-order valence-electron chi connectivity index (χ1n) is 8.24. The molecule has 0 bridgehead atoms. The van der Waals surface area contributed by atoms with Crippen molar-refractivity contribution in [1.29, 1.82) is 0 Å². The summed E-state index contributed by atoms with van der Waals surface area (Å²) in [5.74, 6) is -0.212. The minimum absolute atomic E-state index is 0.212. The molecule has 0 aliphatic carbocycles. The summed E-state index contributed by atoms with van der Waals surface area (Å²) in [6.45, 7) is 4.79. The Morgan fingerprint density at radius 3 is 2.36 bits per heavy atom. The lowest BCUT2D eigenvalue weighted by molar-refractivity contribution is 0.102. The number of benzene rings is 2. The van der Waals surface area contributed by atoms with Gasteiger partial charge in [0.15, 0.2) is 0 Å². The Labute approximate surface area is 147 Å². The van der Waals surface area contributed by atoms with Gasteiger partial charge in [-0.1, -0.05) is 42.0 Å². The molecule has 2 N–H and O–H groups in total. The number of aromatic nitrogens is 1. The van der Waals surface area contributed by atoms with Crippen molar-refractivity contribution >= 4 is 17.3 Å². The zero-order chi connectivity index (χ0) is 17.6. The summed E-state index contributed by atoms with van der Waals surface area (Å²) in [7, 11) is 0. The maximum absolute atomic E-state index is 12.3. The van der Waals surface area contributed by atoms with Gasteiger partial charge in [-0.3, -0.25) is 4.79 Å². The molecule has 0 saturated carbocycles. The van der Waals surface area contributed by atoms with Gasteiger partial charge in [-0.05, 0) is 49.2 Å². The van der Waals surface area contributed by atoms with E-state index in [0.29, 0.717) is 5.69 Å². The average Bonchev–Trinajstić information content (AvgIpc) is 2.60. The fraction of sp³-hybridized carbons (Fsp3) is 0.143. The van der Waals surface area contributed by atoms with Crippen LogP contribution in [-0.2, 0) is 6.54 Å². The van der Waals surface area contributed by atoms with E-state index in [1.54, 1.807) is 12.3 Å². The van der Waals surface area contributed by atoms with E-state index in [-0.39, 0.29) is 5.91 Å². The molecule has 126 valence electrons.